The molecule has 0 spiro atoms. The third-order valence-corrected chi connectivity index (χ3v) is 6.02. The number of nitrogens with zero attached hydrogens (tertiary/aromatic N) is 4. The molecular weight excluding hydrogens is 330 g/mol. The standard InChI is InChI=1S/C19H17N5O2/c20-10-17(11-21)15(13-6-3-5-9-24-13)25-19-8-4-1-2-7-14(19)18(17,12-22)16(23)26-19/h3,5-6,9,14-15,23H,1-2,4,7-8H2/t14-,15-,18+,19+/m1/s1. The van der Waals surface area contributed by atoms with Crippen LogP contribution in [0.1, 0.15) is 43.9 Å². The summed E-state index contributed by atoms with van der Waals surface area (Å²) >= 11 is 0. The van der Waals surface area contributed by atoms with Gasteiger partial charge in [-0.25, -0.2) is 0 Å². The van der Waals surface area contributed by atoms with Crippen LogP contribution >= 0.6 is 0 Å². The molecule has 1 saturated carbocycles. The summed E-state index contributed by atoms with van der Waals surface area (Å²) in [4.78, 5) is 4.28. The van der Waals surface area contributed by atoms with Gasteiger partial charge in [0.15, 0.2) is 5.41 Å². The molecule has 2 aliphatic heterocycles. The van der Waals surface area contributed by atoms with E-state index in [1.807, 2.05) is 12.1 Å². The molecule has 7 heteroatoms. The summed E-state index contributed by atoms with van der Waals surface area (Å²) in [5, 5.41) is 38.8. The van der Waals surface area contributed by atoms with Gasteiger partial charge in [-0.2, -0.15) is 15.8 Å². The van der Waals surface area contributed by atoms with Crippen molar-refractivity contribution in [2.75, 3.05) is 0 Å². The van der Waals surface area contributed by atoms with Crippen molar-refractivity contribution in [3.8, 4) is 18.2 Å². The average Bonchev–Trinajstić information content (AvgIpc) is 2.81. The highest BCUT2D eigenvalue weighted by molar-refractivity contribution is 5.89. The van der Waals surface area contributed by atoms with Crippen LogP contribution in [0.25, 0.3) is 0 Å². The van der Waals surface area contributed by atoms with Crippen LogP contribution in [-0.2, 0) is 9.47 Å². The molecule has 0 amide bonds. The topological polar surface area (TPSA) is 127 Å². The minimum Gasteiger partial charge on any atom is -0.447 e. The Hall–Kier alpha value is -2.95. The van der Waals surface area contributed by atoms with E-state index >= 15 is 0 Å². The predicted molar refractivity (Wildman–Crippen MR) is 87.9 cm³/mol. The largest absolute Gasteiger partial charge is 0.447 e. The second kappa shape index (κ2) is 5.53. The molecule has 1 aromatic rings. The van der Waals surface area contributed by atoms with Crippen molar-refractivity contribution in [1.29, 1.82) is 21.2 Å². The van der Waals surface area contributed by atoms with Crippen LogP contribution in [0.2, 0.25) is 0 Å². The van der Waals surface area contributed by atoms with Crippen molar-refractivity contribution >= 4 is 5.90 Å². The average molecular weight is 347 g/mol. The maximum atomic E-state index is 10.2. The van der Waals surface area contributed by atoms with Gasteiger partial charge in [-0.05, 0) is 25.0 Å². The molecule has 130 valence electrons. The molecule has 2 bridgehead atoms. The molecule has 3 aliphatic rings. The first kappa shape index (κ1) is 16.5. The number of rotatable bonds is 1. The molecule has 26 heavy (non-hydrogen) atoms. The normalized spacial score (nSPS) is 37.2. The van der Waals surface area contributed by atoms with Crippen molar-refractivity contribution in [2.45, 2.75) is 44.0 Å². The molecule has 3 heterocycles. The van der Waals surface area contributed by atoms with Crippen LogP contribution in [0.4, 0.5) is 0 Å². The molecule has 0 unspecified atom stereocenters. The highest BCUT2D eigenvalue weighted by Crippen LogP contribution is 2.68. The fraction of sp³-hybridized carbons (Fsp3) is 0.526. The van der Waals surface area contributed by atoms with Crippen LogP contribution in [0.3, 0.4) is 0 Å². The molecule has 4 atom stereocenters. The number of ether oxygens (including phenoxy) is 2. The fourth-order valence-electron chi connectivity index (χ4n) is 4.83. The van der Waals surface area contributed by atoms with E-state index in [-0.39, 0.29) is 5.90 Å². The van der Waals surface area contributed by atoms with Crippen LogP contribution < -0.4 is 0 Å². The number of hydrogen-bond acceptors (Lipinski definition) is 7. The van der Waals surface area contributed by atoms with E-state index < -0.39 is 28.6 Å². The third-order valence-electron chi connectivity index (χ3n) is 6.02. The van der Waals surface area contributed by atoms with Gasteiger partial charge >= 0.3 is 0 Å². The van der Waals surface area contributed by atoms with Gasteiger partial charge in [-0.3, -0.25) is 10.4 Å². The van der Waals surface area contributed by atoms with E-state index in [1.165, 1.54) is 0 Å². The Morgan fingerprint density at radius 3 is 2.58 bits per heavy atom. The van der Waals surface area contributed by atoms with Crippen molar-refractivity contribution in [1.82, 2.24) is 4.98 Å². The first-order valence-electron chi connectivity index (χ1n) is 8.71. The van der Waals surface area contributed by atoms with Gasteiger partial charge in [0.1, 0.15) is 6.10 Å². The lowest BCUT2D eigenvalue weighted by molar-refractivity contribution is -0.285. The lowest BCUT2D eigenvalue weighted by Crippen LogP contribution is -2.59. The molecule has 0 radical (unpaired) electrons. The minimum absolute atomic E-state index is 0.326. The number of nitriles is 3. The lowest BCUT2D eigenvalue weighted by atomic mass is 9.53. The summed E-state index contributed by atoms with van der Waals surface area (Å²) in [5.41, 5.74) is -3.17. The Morgan fingerprint density at radius 2 is 1.92 bits per heavy atom. The monoisotopic (exact) mass is 347 g/mol. The first-order chi connectivity index (χ1) is 12.6. The second-order valence-electron chi connectivity index (χ2n) is 7.10. The van der Waals surface area contributed by atoms with E-state index in [9.17, 15) is 15.8 Å². The first-order valence-corrected chi connectivity index (χ1v) is 8.71. The SMILES string of the molecule is N#CC1(C#N)[C@@H](c2ccccn2)O[C@]23CCCCC[C@@H]2[C@@]1(C#N)C(=N)O3. The van der Waals surface area contributed by atoms with Crippen molar-refractivity contribution in [3.05, 3.63) is 30.1 Å². The molecule has 1 N–H and O–H groups in total. The third kappa shape index (κ3) is 1.72. The number of pyridine rings is 1. The Bertz CT molecular complexity index is 866. The van der Waals surface area contributed by atoms with E-state index in [0.29, 0.717) is 18.5 Å². The summed E-state index contributed by atoms with van der Waals surface area (Å²) in [5.74, 6) is -1.99. The second-order valence-corrected chi connectivity index (χ2v) is 7.10. The van der Waals surface area contributed by atoms with E-state index in [2.05, 4.69) is 11.1 Å². The quantitative estimate of drug-likeness (QED) is 0.832. The molecule has 1 aliphatic carbocycles. The molecule has 4 rings (SSSR count). The van der Waals surface area contributed by atoms with Crippen molar-refractivity contribution < 1.29 is 9.47 Å². The van der Waals surface area contributed by atoms with Gasteiger partial charge in [-0.15, -0.1) is 0 Å². The zero-order chi connectivity index (χ0) is 18.4. The van der Waals surface area contributed by atoms with Crippen molar-refractivity contribution in [3.63, 3.8) is 0 Å². The van der Waals surface area contributed by atoms with Crippen molar-refractivity contribution in [2.24, 2.45) is 16.7 Å². The zero-order valence-electron chi connectivity index (χ0n) is 14.1. The molecule has 1 aromatic heterocycles. The van der Waals surface area contributed by atoms with E-state index in [0.717, 1.165) is 19.3 Å². The van der Waals surface area contributed by atoms with Crippen LogP contribution in [0.5, 0.6) is 0 Å². The highest BCUT2D eigenvalue weighted by Gasteiger charge is 2.80. The van der Waals surface area contributed by atoms with Crippen LogP contribution in [0.15, 0.2) is 24.4 Å². The highest BCUT2D eigenvalue weighted by atomic mass is 16.7. The van der Waals surface area contributed by atoms with Gasteiger partial charge in [-0.1, -0.05) is 18.9 Å². The summed E-state index contributed by atoms with van der Waals surface area (Å²) < 4.78 is 12.2. The Labute approximate surface area is 151 Å². The summed E-state index contributed by atoms with van der Waals surface area (Å²) in [6.07, 6.45) is 4.25. The zero-order valence-corrected chi connectivity index (χ0v) is 14.1. The Kier molecular flexibility index (Phi) is 3.51. The summed E-state index contributed by atoms with van der Waals surface area (Å²) in [6.45, 7) is 0. The smallest absolute Gasteiger partial charge is 0.217 e. The molecule has 0 aromatic carbocycles. The molecular formula is C19H17N5O2. The lowest BCUT2D eigenvalue weighted by Gasteiger charge is -2.49. The molecule has 7 nitrogen and oxygen atoms in total. The van der Waals surface area contributed by atoms with Crippen LogP contribution in [-0.4, -0.2) is 16.7 Å². The van der Waals surface area contributed by atoms with Gasteiger partial charge in [0.25, 0.3) is 0 Å². The van der Waals surface area contributed by atoms with Gasteiger partial charge < -0.3 is 9.47 Å². The Balaban J connectivity index is 2.01. The van der Waals surface area contributed by atoms with Crippen LogP contribution in [0, 0.1) is 56.2 Å². The van der Waals surface area contributed by atoms with E-state index in [1.54, 1.807) is 24.4 Å². The maximum absolute atomic E-state index is 10.2. The van der Waals surface area contributed by atoms with Gasteiger partial charge in [0.05, 0.1) is 29.8 Å². The number of aromatic nitrogens is 1. The number of nitrogens with one attached hydrogen (secondary N) is 1. The number of hydrogen-bond donors (Lipinski definition) is 1. The van der Waals surface area contributed by atoms with Gasteiger partial charge in [0.2, 0.25) is 17.1 Å². The molecule has 3 fully saturated rings. The summed E-state index contributed by atoms with van der Waals surface area (Å²) in [6, 6.07) is 11.4. The maximum Gasteiger partial charge on any atom is 0.217 e. The predicted octanol–water partition coefficient (Wildman–Crippen LogP) is 2.98. The van der Waals surface area contributed by atoms with Gasteiger partial charge in [0, 0.05) is 12.6 Å². The van der Waals surface area contributed by atoms with E-state index in [4.69, 9.17) is 14.9 Å². The summed E-state index contributed by atoms with van der Waals surface area (Å²) in [7, 11) is 0. The fourth-order valence-corrected chi connectivity index (χ4v) is 4.83. The minimum atomic E-state index is -1.90. The Morgan fingerprint density at radius 1 is 1.12 bits per heavy atom. The molecule has 2 saturated heterocycles.